The van der Waals surface area contributed by atoms with Crippen molar-refractivity contribution in [3.63, 3.8) is 0 Å². The largest absolute Gasteiger partial charge is 0.465 e. The second-order valence-electron chi connectivity index (χ2n) is 4.55. The van der Waals surface area contributed by atoms with Crippen molar-refractivity contribution in [1.29, 1.82) is 0 Å². The molecule has 108 valence electrons. The first kappa shape index (κ1) is 14.5. The summed E-state index contributed by atoms with van der Waals surface area (Å²) in [6.07, 6.45) is 3.65. The molecule has 2 heterocycles. The van der Waals surface area contributed by atoms with Crippen LogP contribution in [-0.4, -0.2) is 44.6 Å². The van der Waals surface area contributed by atoms with Gasteiger partial charge in [0.1, 0.15) is 0 Å². The second-order valence-corrected chi connectivity index (χ2v) is 4.90. The molecule has 0 spiro atoms. The molecule has 1 fully saturated rings. The van der Waals surface area contributed by atoms with Crippen LogP contribution in [0.4, 0.5) is 4.79 Å². The van der Waals surface area contributed by atoms with E-state index in [1.54, 1.807) is 0 Å². The Labute approximate surface area is 121 Å². The lowest BCUT2D eigenvalue weighted by atomic mass is 10.1. The number of rotatable bonds is 4. The normalized spacial score (nSPS) is 18.1. The van der Waals surface area contributed by atoms with Crippen LogP contribution in [0.1, 0.15) is 25.0 Å². The minimum atomic E-state index is -0.975. The zero-order chi connectivity index (χ0) is 14.5. The SMILES string of the molecule is O=C(CC1CCCN1C(=O)O)NCc1nccnc1Cl. The van der Waals surface area contributed by atoms with E-state index in [4.69, 9.17) is 16.7 Å². The third kappa shape index (κ3) is 3.57. The summed E-state index contributed by atoms with van der Waals surface area (Å²) in [4.78, 5) is 32.0. The molecule has 0 aliphatic carbocycles. The second kappa shape index (κ2) is 6.51. The molecule has 1 saturated heterocycles. The minimum absolute atomic E-state index is 0.157. The number of hydrogen-bond acceptors (Lipinski definition) is 4. The lowest BCUT2D eigenvalue weighted by molar-refractivity contribution is -0.122. The smallest absolute Gasteiger partial charge is 0.407 e. The molecule has 1 unspecified atom stereocenters. The van der Waals surface area contributed by atoms with Gasteiger partial charge in [-0.05, 0) is 12.8 Å². The summed E-state index contributed by atoms with van der Waals surface area (Å²) in [6.45, 7) is 0.675. The fourth-order valence-corrected chi connectivity index (χ4v) is 2.41. The number of nitrogens with zero attached hydrogens (tertiary/aromatic N) is 3. The van der Waals surface area contributed by atoms with Gasteiger partial charge in [0.05, 0.1) is 12.2 Å². The summed E-state index contributed by atoms with van der Waals surface area (Å²) < 4.78 is 0. The Bertz CT molecular complexity index is 511. The topological polar surface area (TPSA) is 95.4 Å². The van der Waals surface area contributed by atoms with Gasteiger partial charge in [-0.3, -0.25) is 9.78 Å². The molecule has 1 aliphatic heterocycles. The van der Waals surface area contributed by atoms with Crippen molar-refractivity contribution in [2.45, 2.75) is 31.8 Å². The summed E-state index contributed by atoms with van der Waals surface area (Å²) in [5.74, 6) is -0.218. The number of amides is 2. The van der Waals surface area contributed by atoms with Gasteiger partial charge in [-0.25, -0.2) is 9.78 Å². The molecule has 20 heavy (non-hydrogen) atoms. The van der Waals surface area contributed by atoms with Gasteiger partial charge in [0.2, 0.25) is 5.91 Å². The standard InChI is InChI=1S/C12H15ClN4O3/c13-11-9(14-3-4-15-11)7-16-10(18)6-8-2-1-5-17(8)12(19)20/h3-4,8H,1-2,5-7H2,(H,16,18)(H,19,20). The van der Waals surface area contributed by atoms with Crippen molar-refractivity contribution in [2.75, 3.05) is 6.54 Å². The van der Waals surface area contributed by atoms with Crippen LogP contribution in [0.25, 0.3) is 0 Å². The van der Waals surface area contributed by atoms with Crippen LogP contribution in [0.5, 0.6) is 0 Å². The number of aromatic nitrogens is 2. The molecule has 8 heteroatoms. The highest BCUT2D eigenvalue weighted by atomic mass is 35.5. The highest BCUT2D eigenvalue weighted by Gasteiger charge is 2.30. The van der Waals surface area contributed by atoms with Gasteiger partial charge in [-0.2, -0.15) is 0 Å². The van der Waals surface area contributed by atoms with E-state index in [1.807, 2.05) is 0 Å². The van der Waals surface area contributed by atoms with Crippen molar-refractivity contribution >= 4 is 23.6 Å². The predicted molar refractivity (Wildman–Crippen MR) is 71.3 cm³/mol. The highest BCUT2D eigenvalue weighted by Crippen LogP contribution is 2.20. The molecule has 7 nitrogen and oxygen atoms in total. The van der Waals surface area contributed by atoms with E-state index >= 15 is 0 Å². The van der Waals surface area contributed by atoms with Crippen molar-refractivity contribution in [2.24, 2.45) is 0 Å². The molecule has 0 aromatic carbocycles. The summed E-state index contributed by atoms with van der Waals surface area (Å²) in [7, 11) is 0. The molecular weight excluding hydrogens is 284 g/mol. The molecule has 2 amide bonds. The Hall–Kier alpha value is -1.89. The lowest BCUT2D eigenvalue weighted by Gasteiger charge is -2.20. The summed E-state index contributed by atoms with van der Waals surface area (Å²) in [6, 6.07) is -0.246. The Morgan fingerprint density at radius 2 is 2.20 bits per heavy atom. The van der Waals surface area contributed by atoms with Gasteiger partial charge in [0.15, 0.2) is 5.15 Å². The molecule has 2 rings (SSSR count). The summed E-state index contributed by atoms with van der Waals surface area (Å²) >= 11 is 5.83. The monoisotopic (exact) mass is 298 g/mol. The number of carboxylic acid groups (broad SMARTS) is 1. The average molecular weight is 299 g/mol. The van der Waals surface area contributed by atoms with Crippen LogP contribution < -0.4 is 5.32 Å². The zero-order valence-electron chi connectivity index (χ0n) is 10.8. The Morgan fingerprint density at radius 3 is 2.90 bits per heavy atom. The van der Waals surface area contributed by atoms with Crippen molar-refractivity contribution in [1.82, 2.24) is 20.2 Å². The fourth-order valence-electron chi connectivity index (χ4n) is 2.24. The molecular formula is C12H15ClN4O3. The first-order valence-electron chi connectivity index (χ1n) is 6.29. The third-order valence-corrected chi connectivity index (χ3v) is 3.54. The molecule has 2 N–H and O–H groups in total. The van der Waals surface area contributed by atoms with Crippen molar-refractivity contribution in [3.8, 4) is 0 Å². The van der Waals surface area contributed by atoms with Gasteiger partial charge in [0.25, 0.3) is 0 Å². The van der Waals surface area contributed by atoms with Crippen LogP contribution in [0.15, 0.2) is 12.4 Å². The number of carbonyl (C=O) groups is 2. The van der Waals surface area contributed by atoms with Crippen LogP contribution in [-0.2, 0) is 11.3 Å². The number of likely N-dealkylation sites (tertiary alicyclic amines) is 1. The maximum atomic E-state index is 11.8. The molecule has 1 aromatic rings. The Morgan fingerprint density at radius 1 is 1.45 bits per heavy atom. The third-order valence-electron chi connectivity index (χ3n) is 3.22. The molecule has 0 saturated carbocycles. The van der Waals surface area contributed by atoms with Gasteiger partial charge < -0.3 is 15.3 Å². The predicted octanol–water partition coefficient (Wildman–Crippen LogP) is 1.28. The minimum Gasteiger partial charge on any atom is -0.465 e. The first-order chi connectivity index (χ1) is 9.58. The fraction of sp³-hybridized carbons (Fsp3) is 0.500. The van der Waals surface area contributed by atoms with Gasteiger partial charge >= 0.3 is 6.09 Å². The van der Waals surface area contributed by atoms with Gasteiger partial charge in [-0.15, -0.1) is 0 Å². The number of halogens is 1. The van der Waals surface area contributed by atoms with E-state index in [-0.39, 0.29) is 30.1 Å². The maximum Gasteiger partial charge on any atom is 0.407 e. The lowest BCUT2D eigenvalue weighted by Crippen LogP contribution is -2.38. The van der Waals surface area contributed by atoms with Gasteiger partial charge in [-0.1, -0.05) is 11.6 Å². The van der Waals surface area contributed by atoms with Crippen molar-refractivity contribution < 1.29 is 14.7 Å². The van der Waals surface area contributed by atoms with E-state index in [1.165, 1.54) is 17.3 Å². The Kier molecular flexibility index (Phi) is 4.73. The molecule has 1 aliphatic rings. The summed E-state index contributed by atoms with van der Waals surface area (Å²) in [5, 5.41) is 11.9. The van der Waals surface area contributed by atoms with Crippen LogP contribution in [0, 0.1) is 0 Å². The van der Waals surface area contributed by atoms with E-state index in [9.17, 15) is 9.59 Å². The number of nitrogens with one attached hydrogen (secondary N) is 1. The van der Waals surface area contributed by atoms with E-state index < -0.39 is 6.09 Å². The van der Waals surface area contributed by atoms with Crippen molar-refractivity contribution in [3.05, 3.63) is 23.2 Å². The molecule has 0 radical (unpaired) electrons. The average Bonchev–Trinajstić information content (AvgIpc) is 2.86. The zero-order valence-corrected chi connectivity index (χ0v) is 11.5. The highest BCUT2D eigenvalue weighted by molar-refractivity contribution is 6.29. The van der Waals surface area contributed by atoms with Crippen LogP contribution in [0.3, 0.4) is 0 Å². The summed E-state index contributed by atoms with van der Waals surface area (Å²) in [5.41, 5.74) is 0.490. The molecule has 1 aromatic heterocycles. The van der Waals surface area contributed by atoms with E-state index in [0.29, 0.717) is 18.7 Å². The number of hydrogen-bond donors (Lipinski definition) is 2. The van der Waals surface area contributed by atoms with E-state index in [2.05, 4.69) is 15.3 Å². The maximum absolute atomic E-state index is 11.8. The van der Waals surface area contributed by atoms with Gasteiger partial charge in [0, 0.05) is 31.4 Å². The Balaban J connectivity index is 1.84. The number of carbonyl (C=O) groups excluding carboxylic acids is 1. The quantitative estimate of drug-likeness (QED) is 0.873. The van der Waals surface area contributed by atoms with Crippen LogP contribution in [0.2, 0.25) is 5.15 Å². The van der Waals surface area contributed by atoms with E-state index in [0.717, 1.165) is 6.42 Å². The van der Waals surface area contributed by atoms with Crippen LogP contribution >= 0.6 is 11.6 Å². The molecule has 0 bridgehead atoms. The molecule has 1 atom stereocenters. The first-order valence-corrected chi connectivity index (χ1v) is 6.67.